The van der Waals surface area contributed by atoms with E-state index >= 15 is 0 Å². The summed E-state index contributed by atoms with van der Waals surface area (Å²) >= 11 is 0. The SMILES string of the molecule is C=CC[C@@]1(C(=O)NNC(CO)CO)COC(c2ccc(OCCCO)cc2)=N1. The van der Waals surface area contributed by atoms with E-state index < -0.39 is 17.5 Å². The van der Waals surface area contributed by atoms with Crippen LogP contribution in [0.5, 0.6) is 5.75 Å². The molecule has 5 N–H and O–H groups in total. The molecule has 1 amide bonds. The Labute approximate surface area is 163 Å². The number of ether oxygens (including phenoxy) is 2. The van der Waals surface area contributed by atoms with Gasteiger partial charge in [0.25, 0.3) is 5.91 Å². The van der Waals surface area contributed by atoms with Crippen molar-refractivity contribution in [2.75, 3.05) is 33.0 Å². The van der Waals surface area contributed by atoms with E-state index in [4.69, 9.17) is 24.8 Å². The van der Waals surface area contributed by atoms with E-state index in [1.165, 1.54) is 0 Å². The molecule has 0 fully saturated rings. The standard InChI is InChI=1S/C19H27N3O6/c1-2-8-19(18(26)22-21-15(11-24)12-25)13-28-17(20-19)14-4-6-16(7-5-14)27-10-3-9-23/h2,4-7,15,21,23-25H,1,3,8-13H2,(H,22,26)/t19-/m0/s1. The molecule has 1 heterocycles. The number of amides is 1. The number of benzene rings is 1. The minimum atomic E-state index is -1.18. The molecular formula is C19H27N3O6. The van der Waals surface area contributed by atoms with Gasteiger partial charge in [-0.1, -0.05) is 6.08 Å². The number of hydrogen-bond donors (Lipinski definition) is 5. The number of nitrogens with zero attached hydrogens (tertiary/aromatic N) is 1. The molecule has 1 aliphatic heterocycles. The van der Waals surface area contributed by atoms with Gasteiger partial charge in [-0.15, -0.1) is 6.58 Å². The van der Waals surface area contributed by atoms with Crippen LogP contribution in [-0.2, 0) is 9.53 Å². The molecule has 2 rings (SSSR count). The van der Waals surface area contributed by atoms with E-state index in [1.807, 2.05) is 0 Å². The van der Waals surface area contributed by atoms with Crippen LogP contribution in [0.15, 0.2) is 41.9 Å². The first-order valence-corrected chi connectivity index (χ1v) is 9.04. The van der Waals surface area contributed by atoms with Gasteiger partial charge in [0.15, 0.2) is 5.54 Å². The molecule has 154 valence electrons. The summed E-state index contributed by atoms with van der Waals surface area (Å²) in [5, 5.41) is 27.0. The number of hydrazine groups is 1. The van der Waals surface area contributed by atoms with Gasteiger partial charge >= 0.3 is 0 Å². The molecule has 1 aromatic carbocycles. The minimum absolute atomic E-state index is 0.0412. The number of rotatable bonds is 12. The summed E-state index contributed by atoms with van der Waals surface area (Å²) in [5.74, 6) is 0.548. The highest BCUT2D eigenvalue weighted by atomic mass is 16.5. The lowest BCUT2D eigenvalue weighted by atomic mass is 9.97. The van der Waals surface area contributed by atoms with Crippen LogP contribution in [-0.4, -0.2) is 71.7 Å². The average Bonchev–Trinajstić information content (AvgIpc) is 3.15. The third-order valence-corrected chi connectivity index (χ3v) is 4.17. The lowest BCUT2D eigenvalue weighted by molar-refractivity contribution is -0.128. The summed E-state index contributed by atoms with van der Waals surface area (Å²) in [6, 6.07) is 6.41. The van der Waals surface area contributed by atoms with E-state index in [9.17, 15) is 4.79 Å². The molecule has 0 aliphatic carbocycles. The second-order valence-corrected chi connectivity index (χ2v) is 6.34. The van der Waals surface area contributed by atoms with E-state index in [0.29, 0.717) is 30.2 Å². The third kappa shape index (κ3) is 5.52. The van der Waals surface area contributed by atoms with Gasteiger partial charge < -0.3 is 24.8 Å². The number of carbonyl (C=O) groups excluding carboxylic acids is 1. The Morgan fingerprint density at radius 3 is 2.64 bits per heavy atom. The van der Waals surface area contributed by atoms with Crippen molar-refractivity contribution in [3.63, 3.8) is 0 Å². The third-order valence-electron chi connectivity index (χ3n) is 4.17. The molecule has 1 atom stereocenters. The van der Waals surface area contributed by atoms with Crippen LogP contribution in [0.4, 0.5) is 0 Å². The topological polar surface area (TPSA) is 133 Å². The zero-order valence-corrected chi connectivity index (χ0v) is 15.6. The highest BCUT2D eigenvalue weighted by molar-refractivity contribution is 6.00. The van der Waals surface area contributed by atoms with Crippen molar-refractivity contribution in [3.8, 4) is 5.75 Å². The van der Waals surface area contributed by atoms with Crippen molar-refractivity contribution in [1.82, 2.24) is 10.9 Å². The molecule has 0 unspecified atom stereocenters. The van der Waals surface area contributed by atoms with E-state index in [0.717, 1.165) is 0 Å². The van der Waals surface area contributed by atoms with Crippen molar-refractivity contribution in [3.05, 3.63) is 42.5 Å². The summed E-state index contributed by atoms with van der Waals surface area (Å²) in [6.45, 7) is 3.56. The van der Waals surface area contributed by atoms with Crippen LogP contribution in [0.1, 0.15) is 18.4 Å². The van der Waals surface area contributed by atoms with Crippen LogP contribution < -0.4 is 15.6 Å². The molecule has 0 saturated carbocycles. The summed E-state index contributed by atoms with van der Waals surface area (Å²) in [5.41, 5.74) is 4.56. The van der Waals surface area contributed by atoms with Crippen LogP contribution in [0.25, 0.3) is 0 Å². The molecule has 0 spiro atoms. The Morgan fingerprint density at radius 1 is 1.32 bits per heavy atom. The monoisotopic (exact) mass is 393 g/mol. The first-order valence-electron chi connectivity index (χ1n) is 9.04. The van der Waals surface area contributed by atoms with Gasteiger partial charge in [0.05, 0.1) is 25.9 Å². The minimum Gasteiger partial charge on any atom is -0.494 e. The number of hydrogen-bond acceptors (Lipinski definition) is 8. The van der Waals surface area contributed by atoms with Crippen LogP contribution >= 0.6 is 0 Å². The van der Waals surface area contributed by atoms with Crippen molar-refractivity contribution in [1.29, 1.82) is 0 Å². The molecule has 9 heteroatoms. The van der Waals surface area contributed by atoms with E-state index in [-0.39, 0.29) is 32.8 Å². The van der Waals surface area contributed by atoms with Gasteiger partial charge in [-0.2, -0.15) is 0 Å². The predicted octanol–water partition coefficient (Wildman–Crippen LogP) is -0.486. The van der Waals surface area contributed by atoms with Gasteiger partial charge in [0.1, 0.15) is 12.4 Å². The van der Waals surface area contributed by atoms with Gasteiger partial charge in [-0.3, -0.25) is 10.2 Å². The van der Waals surface area contributed by atoms with Crippen LogP contribution in [0.3, 0.4) is 0 Å². The second kappa shape index (κ2) is 10.8. The molecule has 0 radical (unpaired) electrons. The van der Waals surface area contributed by atoms with E-state index in [2.05, 4.69) is 22.4 Å². The van der Waals surface area contributed by atoms with Crippen molar-refractivity contribution in [2.45, 2.75) is 24.4 Å². The maximum atomic E-state index is 12.7. The predicted molar refractivity (Wildman–Crippen MR) is 103 cm³/mol. The Balaban J connectivity index is 2.09. The van der Waals surface area contributed by atoms with Crippen LogP contribution in [0, 0.1) is 0 Å². The second-order valence-electron chi connectivity index (χ2n) is 6.34. The number of aliphatic hydroxyl groups is 3. The van der Waals surface area contributed by atoms with Gasteiger partial charge in [0, 0.05) is 25.0 Å². The molecule has 0 aromatic heterocycles. The summed E-state index contributed by atoms with van der Waals surface area (Å²) in [7, 11) is 0. The quantitative estimate of drug-likeness (QED) is 0.184. The number of nitrogens with one attached hydrogen (secondary N) is 2. The first kappa shape index (κ1) is 21.8. The van der Waals surface area contributed by atoms with E-state index in [1.54, 1.807) is 30.3 Å². The Bertz CT molecular complexity index is 675. The van der Waals surface area contributed by atoms with Crippen molar-refractivity contribution in [2.24, 2.45) is 4.99 Å². The fourth-order valence-electron chi connectivity index (χ4n) is 2.53. The van der Waals surface area contributed by atoms with Gasteiger partial charge in [-0.05, 0) is 24.3 Å². The Morgan fingerprint density at radius 2 is 2.04 bits per heavy atom. The lowest BCUT2D eigenvalue weighted by Gasteiger charge is -2.23. The molecule has 9 nitrogen and oxygen atoms in total. The van der Waals surface area contributed by atoms with Gasteiger partial charge in [-0.25, -0.2) is 10.4 Å². The number of aliphatic hydroxyl groups excluding tert-OH is 3. The van der Waals surface area contributed by atoms with Crippen LogP contribution in [0.2, 0.25) is 0 Å². The summed E-state index contributed by atoms with van der Waals surface area (Å²) in [4.78, 5) is 17.1. The van der Waals surface area contributed by atoms with Crippen molar-refractivity contribution >= 4 is 11.8 Å². The molecule has 0 bridgehead atoms. The highest BCUT2D eigenvalue weighted by Crippen LogP contribution is 2.27. The molecule has 1 aliphatic rings. The first-order chi connectivity index (χ1) is 13.6. The average molecular weight is 393 g/mol. The maximum absolute atomic E-state index is 12.7. The molecule has 1 aromatic rings. The fourth-order valence-corrected chi connectivity index (χ4v) is 2.53. The fraction of sp³-hybridized carbons (Fsp3) is 0.474. The number of aliphatic imine (C=N–C) groups is 1. The highest BCUT2D eigenvalue weighted by Gasteiger charge is 2.43. The molecule has 0 saturated heterocycles. The van der Waals surface area contributed by atoms with Gasteiger partial charge in [0.2, 0.25) is 5.90 Å². The summed E-state index contributed by atoms with van der Waals surface area (Å²) in [6.07, 6.45) is 2.40. The maximum Gasteiger partial charge on any atom is 0.266 e. The zero-order valence-electron chi connectivity index (χ0n) is 15.6. The molecule has 28 heavy (non-hydrogen) atoms. The largest absolute Gasteiger partial charge is 0.494 e. The Hall–Kier alpha value is -2.46. The summed E-state index contributed by atoms with van der Waals surface area (Å²) < 4.78 is 11.2. The normalized spacial score (nSPS) is 18.5. The number of carbonyl (C=O) groups is 1. The smallest absolute Gasteiger partial charge is 0.266 e. The lowest BCUT2D eigenvalue weighted by Crippen LogP contribution is -2.55. The zero-order chi connectivity index (χ0) is 20.4. The molecular weight excluding hydrogens is 366 g/mol. The van der Waals surface area contributed by atoms with Crippen molar-refractivity contribution < 1.29 is 29.6 Å². The Kier molecular flexibility index (Phi) is 8.40.